The average molecular weight is 444 g/mol. The van der Waals surface area contributed by atoms with E-state index in [2.05, 4.69) is 10.6 Å². The van der Waals surface area contributed by atoms with Crippen molar-refractivity contribution in [3.8, 4) is 5.75 Å². The Morgan fingerprint density at radius 3 is 2.39 bits per heavy atom. The summed E-state index contributed by atoms with van der Waals surface area (Å²) in [7, 11) is 0. The van der Waals surface area contributed by atoms with E-state index >= 15 is 0 Å². The SMILES string of the molecule is CC1Oc2cc(NC(=O)CNC(=O)c3ccccc3)ccc2N(CCc2ccccc2)C1=O. The third kappa shape index (κ3) is 5.38. The molecule has 0 radical (unpaired) electrons. The van der Waals surface area contributed by atoms with Gasteiger partial charge in [0, 0.05) is 23.9 Å². The quantitative estimate of drug-likeness (QED) is 0.586. The molecule has 2 N–H and O–H groups in total. The first kappa shape index (κ1) is 22.1. The molecule has 0 aromatic heterocycles. The van der Waals surface area contributed by atoms with Crippen LogP contribution in [-0.4, -0.2) is 36.9 Å². The normalized spacial score (nSPS) is 14.8. The van der Waals surface area contributed by atoms with Crippen LogP contribution in [0.2, 0.25) is 0 Å². The van der Waals surface area contributed by atoms with Crippen molar-refractivity contribution >= 4 is 29.1 Å². The molecule has 33 heavy (non-hydrogen) atoms. The molecule has 3 aromatic carbocycles. The van der Waals surface area contributed by atoms with Gasteiger partial charge in [0.15, 0.2) is 6.10 Å². The fourth-order valence-electron chi connectivity index (χ4n) is 3.66. The molecule has 0 saturated carbocycles. The van der Waals surface area contributed by atoms with Crippen LogP contribution in [0.5, 0.6) is 5.75 Å². The molecule has 1 heterocycles. The summed E-state index contributed by atoms with van der Waals surface area (Å²) >= 11 is 0. The number of rotatable bonds is 7. The van der Waals surface area contributed by atoms with E-state index in [1.165, 1.54) is 0 Å². The Morgan fingerprint density at radius 2 is 1.67 bits per heavy atom. The first-order valence-electron chi connectivity index (χ1n) is 10.8. The topological polar surface area (TPSA) is 87.7 Å². The Labute approximate surface area is 192 Å². The predicted molar refractivity (Wildman–Crippen MR) is 126 cm³/mol. The van der Waals surface area contributed by atoms with Crippen LogP contribution in [0.25, 0.3) is 0 Å². The van der Waals surface area contributed by atoms with Gasteiger partial charge in [-0.05, 0) is 43.2 Å². The molecule has 1 aliphatic heterocycles. The monoisotopic (exact) mass is 443 g/mol. The first-order valence-corrected chi connectivity index (χ1v) is 10.8. The van der Waals surface area contributed by atoms with Crippen LogP contribution in [-0.2, 0) is 16.0 Å². The summed E-state index contributed by atoms with van der Waals surface area (Å²) in [4.78, 5) is 38.9. The molecule has 0 saturated heterocycles. The molecule has 0 bridgehead atoms. The van der Waals surface area contributed by atoms with Gasteiger partial charge in [0.1, 0.15) is 5.75 Å². The molecule has 1 atom stereocenters. The Hall–Kier alpha value is -4.13. The number of carbonyl (C=O) groups is 3. The largest absolute Gasteiger partial charge is 0.479 e. The van der Waals surface area contributed by atoms with Gasteiger partial charge < -0.3 is 20.3 Å². The van der Waals surface area contributed by atoms with Crippen LogP contribution in [0.3, 0.4) is 0 Å². The summed E-state index contributed by atoms with van der Waals surface area (Å²) in [5.41, 5.74) is 2.83. The summed E-state index contributed by atoms with van der Waals surface area (Å²) in [6.07, 6.45) is 0.0996. The number of benzene rings is 3. The van der Waals surface area contributed by atoms with Gasteiger partial charge in [0.25, 0.3) is 11.8 Å². The lowest BCUT2D eigenvalue weighted by Gasteiger charge is -2.33. The number of nitrogens with zero attached hydrogens (tertiary/aromatic N) is 1. The van der Waals surface area contributed by atoms with Crippen molar-refractivity contribution in [2.24, 2.45) is 0 Å². The van der Waals surface area contributed by atoms with Crippen LogP contribution in [0, 0.1) is 0 Å². The number of anilines is 2. The molecule has 7 nitrogen and oxygen atoms in total. The molecule has 3 amide bonds. The van der Waals surface area contributed by atoms with Gasteiger partial charge in [-0.3, -0.25) is 14.4 Å². The second-order valence-corrected chi connectivity index (χ2v) is 7.76. The van der Waals surface area contributed by atoms with Crippen LogP contribution in [0.1, 0.15) is 22.8 Å². The predicted octanol–water partition coefficient (Wildman–Crippen LogP) is 3.41. The molecule has 7 heteroatoms. The Kier molecular flexibility index (Phi) is 6.69. The summed E-state index contributed by atoms with van der Waals surface area (Å²) in [6, 6.07) is 23.9. The number of hydrogen-bond acceptors (Lipinski definition) is 4. The second kappa shape index (κ2) is 9.99. The second-order valence-electron chi connectivity index (χ2n) is 7.76. The maximum atomic E-state index is 12.7. The van der Waals surface area contributed by atoms with Crippen molar-refractivity contribution in [3.05, 3.63) is 90.0 Å². The zero-order chi connectivity index (χ0) is 23.2. The summed E-state index contributed by atoms with van der Waals surface area (Å²) < 4.78 is 5.79. The van der Waals surface area contributed by atoms with E-state index in [0.717, 1.165) is 12.0 Å². The number of carbonyl (C=O) groups excluding carboxylic acids is 3. The van der Waals surface area contributed by atoms with Gasteiger partial charge in [-0.2, -0.15) is 0 Å². The lowest BCUT2D eigenvalue weighted by atomic mass is 10.1. The maximum absolute atomic E-state index is 12.7. The molecular formula is C26H25N3O4. The molecule has 4 rings (SSSR count). The molecule has 1 unspecified atom stereocenters. The third-order valence-corrected chi connectivity index (χ3v) is 5.36. The zero-order valence-electron chi connectivity index (χ0n) is 18.3. The minimum atomic E-state index is -0.621. The van der Waals surface area contributed by atoms with E-state index in [9.17, 15) is 14.4 Å². The summed E-state index contributed by atoms with van der Waals surface area (Å²) in [6.45, 7) is 2.08. The molecular weight excluding hydrogens is 418 g/mol. The van der Waals surface area contributed by atoms with Crippen molar-refractivity contribution < 1.29 is 19.1 Å². The van der Waals surface area contributed by atoms with Crippen molar-refractivity contribution in [3.63, 3.8) is 0 Å². The van der Waals surface area contributed by atoms with Crippen molar-refractivity contribution in [1.82, 2.24) is 5.32 Å². The zero-order valence-corrected chi connectivity index (χ0v) is 18.3. The minimum Gasteiger partial charge on any atom is -0.479 e. The summed E-state index contributed by atoms with van der Waals surface area (Å²) in [5, 5.41) is 5.36. The average Bonchev–Trinajstić information content (AvgIpc) is 2.84. The Balaban J connectivity index is 1.40. The molecule has 0 spiro atoms. The number of fused-ring (bicyclic) bond motifs is 1. The van der Waals surface area contributed by atoms with Crippen molar-refractivity contribution in [2.75, 3.05) is 23.3 Å². The van der Waals surface area contributed by atoms with Crippen molar-refractivity contribution in [2.45, 2.75) is 19.4 Å². The molecule has 3 aromatic rings. The van der Waals surface area contributed by atoms with E-state index in [1.54, 1.807) is 54.3 Å². The fourth-order valence-corrected chi connectivity index (χ4v) is 3.66. The smallest absolute Gasteiger partial charge is 0.267 e. The van der Waals surface area contributed by atoms with Gasteiger partial charge in [-0.15, -0.1) is 0 Å². The molecule has 0 aliphatic carbocycles. The van der Waals surface area contributed by atoms with Crippen molar-refractivity contribution in [1.29, 1.82) is 0 Å². The Bertz CT molecular complexity index is 1150. The highest BCUT2D eigenvalue weighted by molar-refractivity contribution is 6.02. The van der Waals surface area contributed by atoms with Crippen LogP contribution in [0.4, 0.5) is 11.4 Å². The van der Waals surface area contributed by atoms with E-state index in [1.807, 2.05) is 36.4 Å². The molecule has 168 valence electrons. The van der Waals surface area contributed by atoms with E-state index in [0.29, 0.717) is 29.2 Å². The van der Waals surface area contributed by atoms with E-state index in [4.69, 9.17) is 4.74 Å². The van der Waals surface area contributed by atoms with Crippen LogP contribution >= 0.6 is 0 Å². The van der Waals surface area contributed by atoms with Gasteiger partial charge in [0.05, 0.1) is 12.2 Å². The van der Waals surface area contributed by atoms with E-state index in [-0.39, 0.29) is 24.3 Å². The van der Waals surface area contributed by atoms with Gasteiger partial charge >= 0.3 is 0 Å². The van der Waals surface area contributed by atoms with Gasteiger partial charge in [-0.25, -0.2) is 0 Å². The molecule has 1 aliphatic rings. The van der Waals surface area contributed by atoms with Gasteiger partial charge in [-0.1, -0.05) is 48.5 Å². The number of amides is 3. The number of ether oxygens (including phenoxy) is 1. The highest BCUT2D eigenvalue weighted by atomic mass is 16.5. The first-order chi connectivity index (χ1) is 16.0. The van der Waals surface area contributed by atoms with Crippen LogP contribution < -0.4 is 20.3 Å². The fraction of sp³-hybridized carbons (Fsp3) is 0.192. The summed E-state index contributed by atoms with van der Waals surface area (Å²) in [5.74, 6) is -0.249. The Morgan fingerprint density at radius 1 is 0.970 bits per heavy atom. The van der Waals surface area contributed by atoms with E-state index < -0.39 is 6.10 Å². The molecule has 0 fully saturated rings. The highest BCUT2D eigenvalue weighted by Gasteiger charge is 2.31. The maximum Gasteiger partial charge on any atom is 0.267 e. The van der Waals surface area contributed by atoms with Gasteiger partial charge in [0.2, 0.25) is 5.91 Å². The third-order valence-electron chi connectivity index (χ3n) is 5.36. The lowest BCUT2D eigenvalue weighted by Crippen LogP contribution is -2.45. The standard InChI is InChI=1S/C26H25N3O4/c1-18-26(32)29(15-14-19-8-4-2-5-9-19)22-13-12-21(16-23(22)33-18)28-24(30)17-27-25(31)20-10-6-3-7-11-20/h2-13,16,18H,14-15,17H2,1H3,(H,27,31)(H,28,30). The number of nitrogens with one attached hydrogen (secondary N) is 2. The highest BCUT2D eigenvalue weighted by Crippen LogP contribution is 2.36. The van der Waals surface area contributed by atoms with Crippen LogP contribution in [0.15, 0.2) is 78.9 Å². The minimum absolute atomic E-state index is 0.0983. The number of hydrogen-bond donors (Lipinski definition) is 2. The lowest BCUT2D eigenvalue weighted by molar-refractivity contribution is -0.125.